The zero-order valence-corrected chi connectivity index (χ0v) is 19.7. The van der Waals surface area contributed by atoms with Gasteiger partial charge in [-0.1, -0.05) is 48.5 Å². The average Bonchev–Trinajstić information content (AvgIpc) is 2.71. The van der Waals surface area contributed by atoms with Crippen molar-refractivity contribution >= 4 is 71.1 Å². The Bertz CT molecular complexity index is 1060. The number of halogens is 1. The Hall–Kier alpha value is -1.84. The zero-order chi connectivity index (χ0) is 19.8. The number of hydrogen-bond donors (Lipinski definition) is 0. The molecule has 4 heteroatoms. The molecule has 0 unspecified atom stereocenters. The SMILES string of the molecule is CN(C)c1cc(P(I)c2cc(N(C)C)c3ccccc3c2)cc2ccccc12. The van der Waals surface area contributed by atoms with Crippen molar-refractivity contribution in [2.24, 2.45) is 0 Å². The Labute approximate surface area is 181 Å². The van der Waals surface area contributed by atoms with Gasteiger partial charge in [0.15, 0.2) is 0 Å². The van der Waals surface area contributed by atoms with Crippen molar-refractivity contribution < 1.29 is 0 Å². The van der Waals surface area contributed by atoms with Crippen LogP contribution in [0.4, 0.5) is 11.4 Å². The summed E-state index contributed by atoms with van der Waals surface area (Å²) in [7, 11) is 8.50. The minimum absolute atomic E-state index is 0.482. The summed E-state index contributed by atoms with van der Waals surface area (Å²) in [4.78, 5) is 4.44. The van der Waals surface area contributed by atoms with Crippen molar-refractivity contribution in [1.29, 1.82) is 0 Å². The molecule has 0 saturated heterocycles. The van der Waals surface area contributed by atoms with Gasteiger partial charge in [-0.2, -0.15) is 0 Å². The normalized spacial score (nSPS) is 11.4. The molecule has 0 aliphatic carbocycles. The second-order valence-electron chi connectivity index (χ2n) is 7.44. The lowest BCUT2D eigenvalue weighted by atomic mass is 10.1. The van der Waals surface area contributed by atoms with Gasteiger partial charge in [0.05, 0.1) is 0 Å². The second-order valence-corrected chi connectivity index (χ2v) is 11.9. The first kappa shape index (κ1) is 19.5. The standard InChI is InChI=1S/C24H24IN2P/c1-26(2)23-15-19(13-17-9-5-7-11-21(17)23)28(25)20-14-18-10-6-8-12-22(18)24(16-20)27(3)4/h5-16H,1-4H3. The molecule has 0 bridgehead atoms. The molecule has 0 atom stereocenters. The number of anilines is 2. The summed E-state index contributed by atoms with van der Waals surface area (Å²) in [6, 6.07) is 26.8. The third-order valence-electron chi connectivity index (χ3n) is 5.07. The molecule has 2 nitrogen and oxygen atoms in total. The average molecular weight is 498 g/mol. The van der Waals surface area contributed by atoms with Crippen molar-refractivity contribution in [3.63, 3.8) is 0 Å². The third-order valence-corrected chi connectivity index (χ3v) is 9.83. The van der Waals surface area contributed by atoms with Gasteiger partial charge < -0.3 is 9.80 Å². The summed E-state index contributed by atoms with van der Waals surface area (Å²) in [5.41, 5.74) is 2.08. The van der Waals surface area contributed by atoms with Crippen LogP contribution >= 0.6 is 27.6 Å². The number of nitrogens with zero attached hydrogens (tertiary/aromatic N) is 2. The van der Waals surface area contributed by atoms with E-state index in [2.05, 4.69) is 133 Å². The van der Waals surface area contributed by atoms with Gasteiger partial charge in [-0.15, -0.1) is 0 Å². The molecular weight excluding hydrogens is 474 g/mol. The molecule has 28 heavy (non-hydrogen) atoms. The van der Waals surface area contributed by atoms with E-state index in [1.807, 2.05) is 0 Å². The molecule has 0 aromatic heterocycles. The van der Waals surface area contributed by atoms with E-state index < -0.39 is 5.56 Å². The third kappa shape index (κ3) is 3.58. The van der Waals surface area contributed by atoms with Gasteiger partial charge in [0, 0.05) is 55.9 Å². The molecule has 0 N–H and O–H groups in total. The Morgan fingerprint density at radius 3 is 1.39 bits per heavy atom. The topological polar surface area (TPSA) is 6.48 Å². The minimum Gasteiger partial charge on any atom is -0.377 e. The largest absolute Gasteiger partial charge is 0.377 e. The van der Waals surface area contributed by atoms with E-state index in [1.54, 1.807) is 0 Å². The fourth-order valence-electron chi connectivity index (χ4n) is 3.67. The van der Waals surface area contributed by atoms with E-state index in [-0.39, 0.29) is 0 Å². The molecule has 4 aromatic carbocycles. The molecule has 4 rings (SSSR count). The van der Waals surface area contributed by atoms with Gasteiger partial charge in [-0.3, -0.25) is 0 Å². The molecule has 0 heterocycles. The van der Waals surface area contributed by atoms with Crippen LogP contribution in [0.2, 0.25) is 0 Å². The smallest absolute Gasteiger partial charge is 0.0447 e. The molecule has 0 spiro atoms. The molecule has 0 saturated carbocycles. The summed E-state index contributed by atoms with van der Waals surface area (Å²) in [5, 5.41) is 8.03. The van der Waals surface area contributed by atoms with Crippen LogP contribution in [0.1, 0.15) is 0 Å². The van der Waals surface area contributed by atoms with Crippen LogP contribution in [0.5, 0.6) is 0 Å². The molecule has 4 aromatic rings. The van der Waals surface area contributed by atoms with Gasteiger partial charge in [0.1, 0.15) is 0 Å². The maximum atomic E-state index is 2.65. The van der Waals surface area contributed by atoms with Crippen molar-refractivity contribution in [2.45, 2.75) is 0 Å². The van der Waals surface area contributed by atoms with E-state index in [4.69, 9.17) is 0 Å². The zero-order valence-electron chi connectivity index (χ0n) is 16.6. The maximum Gasteiger partial charge on any atom is 0.0447 e. The lowest BCUT2D eigenvalue weighted by molar-refractivity contribution is 1.14. The van der Waals surface area contributed by atoms with E-state index >= 15 is 0 Å². The van der Waals surface area contributed by atoms with Gasteiger partial charge in [-0.05, 0) is 67.7 Å². The van der Waals surface area contributed by atoms with Crippen molar-refractivity contribution in [2.75, 3.05) is 38.0 Å². The first-order chi connectivity index (χ1) is 13.5. The number of benzene rings is 4. The fourth-order valence-corrected chi connectivity index (χ4v) is 6.61. The summed E-state index contributed by atoms with van der Waals surface area (Å²) >= 11 is 2.65. The maximum absolute atomic E-state index is 2.65. The highest BCUT2D eigenvalue weighted by atomic mass is 127. The predicted octanol–water partition coefficient (Wildman–Crippen LogP) is 5.91. The Morgan fingerprint density at radius 2 is 1.00 bits per heavy atom. The highest BCUT2D eigenvalue weighted by molar-refractivity contribution is 14.2. The number of rotatable bonds is 4. The van der Waals surface area contributed by atoms with Gasteiger partial charge in [-0.25, -0.2) is 0 Å². The molecule has 0 aliphatic rings. The van der Waals surface area contributed by atoms with Crippen molar-refractivity contribution in [1.82, 2.24) is 0 Å². The second kappa shape index (κ2) is 7.88. The quantitative estimate of drug-likeness (QED) is 0.255. The van der Waals surface area contributed by atoms with Crippen molar-refractivity contribution in [3.05, 3.63) is 72.8 Å². The predicted molar refractivity (Wildman–Crippen MR) is 137 cm³/mol. The van der Waals surface area contributed by atoms with E-state index in [0.717, 1.165) is 0 Å². The van der Waals surface area contributed by atoms with Crippen LogP contribution in [-0.2, 0) is 0 Å². The van der Waals surface area contributed by atoms with Crippen molar-refractivity contribution in [3.8, 4) is 0 Å². The Balaban J connectivity index is 1.89. The van der Waals surface area contributed by atoms with Crippen LogP contribution in [0, 0.1) is 0 Å². The van der Waals surface area contributed by atoms with E-state index in [1.165, 1.54) is 43.5 Å². The van der Waals surface area contributed by atoms with Crippen LogP contribution in [-0.4, -0.2) is 28.2 Å². The van der Waals surface area contributed by atoms with Crippen LogP contribution in [0.25, 0.3) is 21.5 Å². The lowest BCUT2D eigenvalue weighted by Gasteiger charge is -2.22. The highest BCUT2D eigenvalue weighted by Gasteiger charge is 2.16. The highest BCUT2D eigenvalue weighted by Crippen LogP contribution is 2.46. The van der Waals surface area contributed by atoms with Gasteiger partial charge >= 0.3 is 0 Å². The monoisotopic (exact) mass is 498 g/mol. The Kier molecular flexibility index (Phi) is 5.48. The van der Waals surface area contributed by atoms with E-state index in [9.17, 15) is 0 Å². The minimum atomic E-state index is -0.482. The summed E-state index contributed by atoms with van der Waals surface area (Å²) in [5.74, 6) is 0. The van der Waals surface area contributed by atoms with Gasteiger partial charge in [0.25, 0.3) is 0 Å². The van der Waals surface area contributed by atoms with E-state index in [0.29, 0.717) is 0 Å². The Morgan fingerprint density at radius 1 is 0.607 bits per heavy atom. The number of fused-ring (bicyclic) bond motifs is 2. The first-order valence-electron chi connectivity index (χ1n) is 9.32. The van der Waals surface area contributed by atoms with Gasteiger partial charge in [0.2, 0.25) is 0 Å². The molecular formula is C24H24IN2P. The molecule has 142 valence electrons. The number of hydrogen-bond acceptors (Lipinski definition) is 2. The molecule has 0 fully saturated rings. The van der Waals surface area contributed by atoms with Crippen LogP contribution < -0.4 is 20.4 Å². The first-order valence-corrected chi connectivity index (χ1v) is 13.4. The fraction of sp³-hybridized carbons (Fsp3) is 0.167. The molecule has 0 amide bonds. The lowest BCUT2D eigenvalue weighted by Crippen LogP contribution is -2.16. The molecule has 0 radical (unpaired) electrons. The van der Waals surface area contributed by atoms with Crippen LogP contribution in [0.15, 0.2) is 72.8 Å². The summed E-state index contributed by atoms with van der Waals surface area (Å²) in [6.45, 7) is 0. The summed E-state index contributed by atoms with van der Waals surface area (Å²) < 4.78 is 0. The molecule has 0 aliphatic heterocycles. The summed E-state index contributed by atoms with van der Waals surface area (Å²) in [6.07, 6.45) is 0. The van der Waals surface area contributed by atoms with Crippen LogP contribution in [0.3, 0.4) is 0 Å².